The van der Waals surface area contributed by atoms with Crippen LogP contribution < -0.4 is 16.0 Å². The van der Waals surface area contributed by atoms with Crippen molar-refractivity contribution in [2.24, 2.45) is 12.8 Å². The Balaban J connectivity index is 2.03. The van der Waals surface area contributed by atoms with Crippen LogP contribution in [0.3, 0.4) is 0 Å². The van der Waals surface area contributed by atoms with E-state index in [0.29, 0.717) is 27.8 Å². The highest BCUT2D eigenvalue weighted by Crippen LogP contribution is 2.40. The number of H-pyrrole nitrogens is 1. The number of rotatable bonds is 5. The zero-order chi connectivity index (χ0) is 24.1. The minimum Gasteiger partial charge on any atom is -0.456 e. The van der Waals surface area contributed by atoms with Gasteiger partial charge in [0.2, 0.25) is 0 Å². The maximum atomic E-state index is 12.7. The molecule has 7 nitrogen and oxygen atoms in total. The average molecular weight is 446 g/mol. The molecule has 2 aromatic heterocycles. The van der Waals surface area contributed by atoms with Crippen molar-refractivity contribution in [3.05, 3.63) is 81.4 Å². The number of benzene rings is 2. The number of fused-ring (bicyclic) bond motifs is 1. The Labute approximate surface area is 191 Å². The highest BCUT2D eigenvalue weighted by atomic mass is 16.5. The number of para-hydroxylation sites is 1. The number of nitrogens with one attached hydrogen (secondary N) is 1. The predicted octanol–water partition coefficient (Wildman–Crippen LogP) is 4.27. The number of nitrogens with two attached hydrogens (primary N) is 1. The molecule has 2 aromatic carbocycles. The topological polar surface area (TPSA) is 110 Å². The monoisotopic (exact) mass is 445 g/mol. The van der Waals surface area contributed by atoms with Crippen molar-refractivity contribution in [3.63, 3.8) is 0 Å². The number of hydrogen-bond acceptors (Lipinski definition) is 4. The Morgan fingerprint density at radius 2 is 1.76 bits per heavy atom. The van der Waals surface area contributed by atoms with Crippen molar-refractivity contribution in [2.45, 2.75) is 33.3 Å². The zero-order valence-electron chi connectivity index (χ0n) is 19.3. The van der Waals surface area contributed by atoms with Gasteiger partial charge in [-0.2, -0.15) is 0 Å². The minimum absolute atomic E-state index is 0.144. The predicted molar refractivity (Wildman–Crippen MR) is 129 cm³/mol. The van der Waals surface area contributed by atoms with Crippen molar-refractivity contribution in [1.29, 1.82) is 0 Å². The maximum absolute atomic E-state index is 12.7. The van der Waals surface area contributed by atoms with E-state index >= 15 is 0 Å². The number of aromatic amines is 1. The van der Waals surface area contributed by atoms with E-state index < -0.39 is 11.5 Å². The van der Waals surface area contributed by atoms with E-state index in [2.05, 4.69) is 4.98 Å². The molecule has 0 aliphatic heterocycles. The van der Waals surface area contributed by atoms with E-state index in [0.717, 1.165) is 16.9 Å². The van der Waals surface area contributed by atoms with Gasteiger partial charge in [0.1, 0.15) is 22.7 Å². The molecule has 0 saturated carbocycles. The third-order valence-electron chi connectivity index (χ3n) is 5.83. The molecule has 4 aromatic rings. The van der Waals surface area contributed by atoms with Crippen LogP contribution in [0.4, 0.5) is 0 Å². The van der Waals surface area contributed by atoms with Crippen LogP contribution in [0.25, 0.3) is 22.0 Å². The molecular formula is C26H27N3O4. The van der Waals surface area contributed by atoms with Gasteiger partial charge < -0.3 is 25.1 Å². The first-order chi connectivity index (χ1) is 15.5. The third kappa shape index (κ3) is 4.03. The lowest BCUT2D eigenvalue weighted by Gasteiger charge is -2.22. The molecule has 0 bridgehead atoms. The Morgan fingerprint density at radius 1 is 1.09 bits per heavy atom. The molecule has 7 heteroatoms. The van der Waals surface area contributed by atoms with Crippen LogP contribution in [0.15, 0.2) is 53.5 Å². The first-order valence-electron chi connectivity index (χ1n) is 10.6. The van der Waals surface area contributed by atoms with Crippen LogP contribution in [0.1, 0.15) is 41.0 Å². The van der Waals surface area contributed by atoms with Crippen molar-refractivity contribution in [2.75, 3.05) is 0 Å². The summed E-state index contributed by atoms with van der Waals surface area (Å²) in [5, 5.41) is 11.2. The van der Waals surface area contributed by atoms with Gasteiger partial charge in [-0.3, -0.25) is 9.59 Å². The number of carbonyl (C=O) groups excluding carboxylic acids is 1. The van der Waals surface area contributed by atoms with Crippen molar-refractivity contribution >= 4 is 16.8 Å². The number of nitrogens with zero attached hydrogens (tertiary/aromatic N) is 1. The van der Waals surface area contributed by atoms with Gasteiger partial charge in [0.25, 0.3) is 11.5 Å². The summed E-state index contributed by atoms with van der Waals surface area (Å²) in [7, 11) is 1.64. The standard InChI is InChI=1S/C26H27N3O4/c1-14-7-6-8-15(2)23(14)33-21-10-9-16(26(3,4)32)11-17(21)19-13-29(5)25(31)22-18(19)12-20(28-22)24(27)30/h6-13,28,32H,1-5H3,(H2,27,30). The summed E-state index contributed by atoms with van der Waals surface area (Å²) in [6, 6.07) is 13.0. The molecule has 1 amide bonds. The number of hydrogen-bond donors (Lipinski definition) is 3. The van der Waals surface area contributed by atoms with Crippen LogP contribution >= 0.6 is 0 Å². The van der Waals surface area contributed by atoms with E-state index in [9.17, 15) is 14.7 Å². The first-order valence-corrected chi connectivity index (χ1v) is 10.6. The second-order valence-corrected chi connectivity index (χ2v) is 8.89. The SMILES string of the molecule is Cc1cccc(C)c1Oc1ccc(C(C)(C)O)cc1-c1cn(C)c(=O)c2[nH]c(C(N)=O)cc12. The van der Waals surface area contributed by atoms with E-state index in [1.54, 1.807) is 33.2 Å². The second-order valence-electron chi connectivity index (χ2n) is 8.89. The van der Waals surface area contributed by atoms with Crippen LogP contribution in [-0.4, -0.2) is 20.6 Å². The highest BCUT2D eigenvalue weighted by Gasteiger charge is 2.22. The molecule has 33 heavy (non-hydrogen) atoms. The number of ether oxygens (including phenoxy) is 1. The molecule has 0 spiro atoms. The van der Waals surface area contributed by atoms with Crippen LogP contribution in [0.2, 0.25) is 0 Å². The van der Waals surface area contributed by atoms with E-state index in [4.69, 9.17) is 10.5 Å². The lowest BCUT2D eigenvalue weighted by atomic mass is 9.93. The maximum Gasteiger partial charge on any atom is 0.274 e. The molecule has 0 radical (unpaired) electrons. The van der Waals surface area contributed by atoms with E-state index in [1.807, 2.05) is 50.2 Å². The molecule has 170 valence electrons. The normalized spacial score (nSPS) is 11.7. The minimum atomic E-state index is -1.10. The average Bonchev–Trinajstić information content (AvgIpc) is 3.19. The van der Waals surface area contributed by atoms with Gasteiger partial charge >= 0.3 is 0 Å². The largest absolute Gasteiger partial charge is 0.456 e. The van der Waals surface area contributed by atoms with Crippen molar-refractivity contribution in [3.8, 4) is 22.6 Å². The first kappa shape index (κ1) is 22.4. The molecule has 0 aliphatic carbocycles. The summed E-state index contributed by atoms with van der Waals surface area (Å²) in [5.41, 5.74) is 8.49. The molecule has 0 aliphatic rings. The van der Waals surface area contributed by atoms with Crippen LogP contribution in [0.5, 0.6) is 11.5 Å². The van der Waals surface area contributed by atoms with Gasteiger partial charge in [-0.25, -0.2) is 0 Å². The Bertz CT molecular complexity index is 1430. The van der Waals surface area contributed by atoms with Crippen LogP contribution in [0, 0.1) is 13.8 Å². The summed E-state index contributed by atoms with van der Waals surface area (Å²) in [5.74, 6) is 0.640. The smallest absolute Gasteiger partial charge is 0.274 e. The number of aromatic nitrogens is 2. The molecule has 4 N–H and O–H groups in total. The number of pyridine rings is 1. The Kier molecular flexibility index (Phi) is 5.38. The molecule has 0 fully saturated rings. The third-order valence-corrected chi connectivity index (χ3v) is 5.83. The Morgan fingerprint density at radius 3 is 2.36 bits per heavy atom. The molecule has 2 heterocycles. The summed E-state index contributed by atoms with van der Waals surface area (Å²) in [4.78, 5) is 27.4. The molecule has 4 rings (SSSR count). The lowest BCUT2D eigenvalue weighted by molar-refractivity contribution is 0.0786. The fraction of sp³-hybridized carbons (Fsp3) is 0.231. The van der Waals surface area contributed by atoms with Gasteiger partial charge in [0, 0.05) is 29.8 Å². The quantitative estimate of drug-likeness (QED) is 0.426. The van der Waals surface area contributed by atoms with Gasteiger partial charge in [-0.1, -0.05) is 24.3 Å². The number of carbonyl (C=O) groups is 1. The number of aryl methyl sites for hydroxylation is 3. The molecule has 0 atom stereocenters. The van der Waals surface area contributed by atoms with Gasteiger partial charge in [-0.15, -0.1) is 0 Å². The summed E-state index contributed by atoms with van der Waals surface area (Å²) >= 11 is 0. The lowest BCUT2D eigenvalue weighted by Crippen LogP contribution is -2.18. The summed E-state index contributed by atoms with van der Waals surface area (Å²) in [6.45, 7) is 7.36. The molecular weight excluding hydrogens is 418 g/mol. The van der Waals surface area contributed by atoms with Crippen LogP contribution in [-0.2, 0) is 12.6 Å². The number of primary amides is 1. The molecule has 0 saturated heterocycles. The summed E-state index contributed by atoms with van der Waals surface area (Å²) in [6.07, 6.45) is 1.70. The fourth-order valence-electron chi connectivity index (χ4n) is 3.96. The number of aliphatic hydroxyl groups is 1. The van der Waals surface area contributed by atoms with E-state index in [1.165, 1.54) is 4.57 Å². The van der Waals surface area contributed by atoms with Gasteiger partial charge in [-0.05, 0) is 62.6 Å². The van der Waals surface area contributed by atoms with Gasteiger partial charge in [0.05, 0.1) is 5.60 Å². The van der Waals surface area contributed by atoms with Crippen molar-refractivity contribution in [1.82, 2.24) is 9.55 Å². The fourth-order valence-corrected chi connectivity index (χ4v) is 3.96. The van der Waals surface area contributed by atoms with E-state index in [-0.39, 0.29) is 16.8 Å². The highest BCUT2D eigenvalue weighted by molar-refractivity contribution is 6.02. The zero-order valence-corrected chi connectivity index (χ0v) is 19.3. The summed E-state index contributed by atoms with van der Waals surface area (Å²) < 4.78 is 7.84. The second kappa shape index (κ2) is 7.94. The number of amides is 1. The molecule has 0 unspecified atom stereocenters. The van der Waals surface area contributed by atoms with Crippen molar-refractivity contribution < 1.29 is 14.6 Å². The van der Waals surface area contributed by atoms with Gasteiger partial charge in [0.15, 0.2) is 0 Å². The Hall–Kier alpha value is -3.84.